The standard InChI is InChI=1S/C14H11Br3O/c15-8-11-2-1-3-13(17)14(11)18-9-10-4-6-12(16)7-5-10/h1-7H,8-9H2. The maximum Gasteiger partial charge on any atom is 0.138 e. The highest BCUT2D eigenvalue weighted by molar-refractivity contribution is 9.11. The maximum absolute atomic E-state index is 5.89. The second kappa shape index (κ2) is 6.73. The Kier molecular flexibility index (Phi) is 5.27. The minimum atomic E-state index is 0.565. The largest absolute Gasteiger partial charge is 0.487 e. The number of hydrogen-bond acceptors (Lipinski definition) is 1. The number of ether oxygens (including phenoxy) is 1. The van der Waals surface area contributed by atoms with Crippen molar-refractivity contribution in [1.29, 1.82) is 0 Å². The van der Waals surface area contributed by atoms with Crippen molar-refractivity contribution in [1.82, 2.24) is 0 Å². The lowest BCUT2D eigenvalue weighted by molar-refractivity contribution is 0.302. The number of alkyl halides is 1. The Hall–Kier alpha value is -0.320. The van der Waals surface area contributed by atoms with Crippen molar-refractivity contribution >= 4 is 47.8 Å². The van der Waals surface area contributed by atoms with E-state index in [1.807, 2.05) is 24.3 Å². The molecular weight excluding hydrogens is 424 g/mol. The molecular formula is C14H11Br3O. The van der Waals surface area contributed by atoms with Crippen molar-refractivity contribution < 1.29 is 4.74 Å². The van der Waals surface area contributed by atoms with E-state index in [2.05, 4.69) is 66.0 Å². The molecule has 2 rings (SSSR count). The summed E-state index contributed by atoms with van der Waals surface area (Å²) in [6.07, 6.45) is 0. The number of halogens is 3. The normalized spacial score (nSPS) is 10.4. The Balaban J connectivity index is 2.12. The van der Waals surface area contributed by atoms with E-state index in [1.165, 1.54) is 0 Å². The number of hydrogen-bond donors (Lipinski definition) is 0. The summed E-state index contributed by atoms with van der Waals surface area (Å²) in [5.74, 6) is 0.900. The van der Waals surface area contributed by atoms with Gasteiger partial charge >= 0.3 is 0 Å². The highest BCUT2D eigenvalue weighted by atomic mass is 79.9. The summed E-state index contributed by atoms with van der Waals surface area (Å²) < 4.78 is 7.95. The molecule has 1 nitrogen and oxygen atoms in total. The van der Waals surface area contributed by atoms with E-state index < -0.39 is 0 Å². The summed E-state index contributed by atoms with van der Waals surface area (Å²) in [5, 5.41) is 0.780. The van der Waals surface area contributed by atoms with E-state index in [1.54, 1.807) is 0 Å². The van der Waals surface area contributed by atoms with Crippen molar-refractivity contribution in [3.8, 4) is 5.75 Å². The molecule has 0 saturated carbocycles. The number of rotatable bonds is 4. The molecule has 2 aromatic rings. The van der Waals surface area contributed by atoms with Crippen molar-refractivity contribution in [3.05, 3.63) is 62.5 Å². The minimum Gasteiger partial charge on any atom is -0.487 e. The zero-order chi connectivity index (χ0) is 13.0. The van der Waals surface area contributed by atoms with Gasteiger partial charge in [-0.25, -0.2) is 0 Å². The summed E-state index contributed by atoms with van der Waals surface area (Å²) in [5.41, 5.74) is 2.29. The SMILES string of the molecule is BrCc1cccc(Br)c1OCc1ccc(Br)cc1. The monoisotopic (exact) mass is 432 g/mol. The van der Waals surface area contributed by atoms with Crippen LogP contribution in [-0.2, 0) is 11.9 Å². The maximum atomic E-state index is 5.89. The fourth-order valence-corrected chi connectivity index (χ4v) is 2.78. The van der Waals surface area contributed by atoms with Crippen molar-refractivity contribution in [3.63, 3.8) is 0 Å². The summed E-state index contributed by atoms with van der Waals surface area (Å²) in [4.78, 5) is 0. The first-order chi connectivity index (χ1) is 8.70. The van der Waals surface area contributed by atoms with Crippen LogP contribution in [-0.4, -0.2) is 0 Å². The first-order valence-electron chi connectivity index (χ1n) is 5.41. The van der Waals surface area contributed by atoms with E-state index in [9.17, 15) is 0 Å². The van der Waals surface area contributed by atoms with E-state index in [0.29, 0.717) is 6.61 Å². The van der Waals surface area contributed by atoms with E-state index in [4.69, 9.17) is 4.74 Å². The highest BCUT2D eigenvalue weighted by Crippen LogP contribution is 2.31. The predicted octanol–water partition coefficient (Wildman–Crippen LogP) is 5.69. The molecule has 0 aliphatic heterocycles. The molecule has 4 heteroatoms. The van der Waals surface area contributed by atoms with E-state index in [0.717, 1.165) is 31.2 Å². The third kappa shape index (κ3) is 3.59. The third-order valence-corrected chi connectivity index (χ3v) is 4.25. The number of para-hydroxylation sites is 1. The lowest BCUT2D eigenvalue weighted by atomic mass is 10.2. The zero-order valence-electron chi connectivity index (χ0n) is 9.50. The van der Waals surface area contributed by atoms with Gasteiger partial charge in [-0.15, -0.1) is 0 Å². The molecule has 0 spiro atoms. The lowest BCUT2D eigenvalue weighted by Crippen LogP contribution is -1.98. The topological polar surface area (TPSA) is 9.23 Å². The molecule has 0 aliphatic rings. The first-order valence-corrected chi connectivity index (χ1v) is 8.12. The smallest absolute Gasteiger partial charge is 0.138 e. The van der Waals surface area contributed by atoms with Gasteiger partial charge in [-0.1, -0.05) is 56.1 Å². The van der Waals surface area contributed by atoms with Crippen LogP contribution in [0.15, 0.2) is 51.4 Å². The third-order valence-electron chi connectivity index (χ3n) is 2.49. The van der Waals surface area contributed by atoms with E-state index in [-0.39, 0.29) is 0 Å². The van der Waals surface area contributed by atoms with Crippen LogP contribution in [0.5, 0.6) is 5.75 Å². The fourth-order valence-electron chi connectivity index (χ4n) is 1.56. The molecule has 0 heterocycles. The summed E-state index contributed by atoms with van der Waals surface area (Å²) >= 11 is 10.4. The van der Waals surface area contributed by atoms with Gasteiger partial charge in [0.2, 0.25) is 0 Å². The molecule has 0 amide bonds. The minimum absolute atomic E-state index is 0.565. The molecule has 0 unspecified atom stereocenters. The van der Waals surface area contributed by atoms with Crippen molar-refractivity contribution in [2.45, 2.75) is 11.9 Å². The van der Waals surface area contributed by atoms with Crippen LogP contribution >= 0.6 is 47.8 Å². The lowest BCUT2D eigenvalue weighted by Gasteiger charge is -2.12. The fraction of sp³-hybridized carbons (Fsp3) is 0.143. The van der Waals surface area contributed by atoms with Gasteiger partial charge in [-0.2, -0.15) is 0 Å². The Morgan fingerprint density at radius 1 is 0.944 bits per heavy atom. The molecule has 0 aromatic heterocycles. The van der Waals surface area contributed by atoms with Crippen LogP contribution in [0.3, 0.4) is 0 Å². The van der Waals surface area contributed by atoms with Crippen LogP contribution in [0.4, 0.5) is 0 Å². The second-order valence-corrected chi connectivity index (χ2v) is 6.11. The van der Waals surface area contributed by atoms with Gasteiger partial charge in [0.15, 0.2) is 0 Å². The average Bonchev–Trinajstić information content (AvgIpc) is 2.39. The molecule has 0 aliphatic carbocycles. The van der Waals surface area contributed by atoms with Crippen molar-refractivity contribution in [2.75, 3.05) is 0 Å². The van der Waals surface area contributed by atoms with Crippen LogP contribution in [0.25, 0.3) is 0 Å². The van der Waals surface area contributed by atoms with Crippen LogP contribution < -0.4 is 4.74 Å². The van der Waals surface area contributed by atoms with E-state index >= 15 is 0 Å². The molecule has 94 valence electrons. The quantitative estimate of drug-likeness (QED) is 0.562. The molecule has 0 N–H and O–H groups in total. The van der Waals surface area contributed by atoms with Gasteiger partial charge in [0.1, 0.15) is 12.4 Å². The van der Waals surface area contributed by atoms with Gasteiger partial charge in [0, 0.05) is 15.4 Å². The summed E-state index contributed by atoms with van der Waals surface area (Å²) in [6.45, 7) is 0.565. The van der Waals surface area contributed by atoms with Crippen LogP contribution in [0.1, 0.15) is 11.1 Å². The van der Waals surface area contributed by atoms with Gasteiger partial charge in [0.05, 0.1) is 4.47 Å². The molecule has 0 radical (unpaired) electrons. The van der Waals surface area contributed by atoms with Crippen LogP contribution in [0.2, 0.25) is 0 Å². The average molecular weight is 435 g/mol. The highest BCUT2D eigenvalue weighted by Gasteiger charge is 2.07. The van der Waals surface area contributed by atoms with Gasteiger partial charge < -0.3 is 4.74 Å². The molecule has 18 heavy (non-hydrogen) atoms. The molecule has 0 saturated heterocycles. The Morgan fingerprint density at radius 3 is 2.33 bits per heavy atom. The van der Waals surface area contributed by atoms with Gasteiger partial charge in [-0.3, -0.25) is 0 Å². The summed E-state index contributed by atoms with van der Waals surface area (Å²) in [6, 6.07) is 14.2. The van der Waals surface area contributed by atoms with Gasteiger partial charge in [-0.05, 0) is 39.7 Å². The summed E-state index contributed by atoms with van der Waals surface area (Å²) in [7, 11) is 0. The van der Waals surface area contributed by atoms with Gasteiger partial charge in [0.25, 0.3) is 0 Å². The Morgan fingerprint density at radius 2 is 1.67 bits per heavy atom. The first kappa shape index (κ1) is 14.1. The Bertz CT molecular complexity index is 523. The zero-order valence-corrected chi connectivity index (χ0v) is 14.3. The molecule has 0 fully saturated rings. The van der Waals surface area contributed by atoms with Crippen molar-refractivity contribution in [2.24, 2.45) is 0 Å². The predicted molar refractivity (Wildman–Crippen MR) is 85.2 cm³/mol. The Labute approximate surface area is 132 Å². The second-order valence-electron chi connectivity index (χ2n) is 3.78. The van der Waals surface area contributed by atoms with Crippen LogP contribution in [0, 0.1) is 0 Å². The molecule has 0 bridgehead atoms. The molecule has 0 atom stereocenters. The number of benzene rings is 2. The molecule has 2 aromatic carbocycles.